The summed E-state index contributed by atoms with van der Waals surface area (Å²) in [4.78, 5) is 34.0. The Morgan fingerprint density at radius 3 is 2.95 bits per heavy atom. The predicted molar refractivity (Wildman–Crippen MR) is 72.0 cm³/mol. The van der Waals surface area contributed by atoms with Crippen LogP contribution in [0.2, 0.25) is 0 Å². The lowest BCUT2D eigenvalue weighted by Crippen LogP contribution is -2.40. The van der Waals surface area contributed by atoms with Crippen molar-refractivity contribution in [3.63, 3.8) is 0 Å². The number of rotatable bonds is 3. The summed E-state index contributed by atoms with van der Waals surface area (Å²) in [6.45, 7) is 4.81. The lowest BCUT2D eigenvalue weighted by molar-refractivity contribution is 0.0722. The summed E-state index contributed by atoms with van der Waals surface area (Å²) >= 11 is 0. The van der Waals surface area contributed by atoms with Crippen LogP contribution in [0.15, 0.2) is 17.2 Å². The SMILES string of the molecule is CN1CCC(C)(CN(C)C(=O)c2ncc[nH]c2=O)C1. The molecule has 1 unspecified atom stereocenters. The Morgan fingerprint density at radius 1 is 1.63 bits per heavy atom. The van der Waals surface area contributed by atoms with Gasteiger partial charge in [-0.05, 0) is 25.4 Å². The minimum Gasteiger partial charge on any atom is -0.340 e. The summed E-state index contributed by atoms with van der Waals surface area (Å²) in [7, 11) is 3.80. The average Bonchev–Trinajstić information content (AvgIpc) is 2.68. The first kappa shape index (κ1) is 13.7. The van der Waals surface area contributed by atoms with Gasteiger partial charge in [0.25, 0.3) is 11.5 Å². The van der Waals surface area contributed by atoms with Crippen molar-refractivity contribution in [1.29, 1.82) is 0 Å². The van der Waals surface area contributed by atoms with E-state index in [-0.39, 0.29) is 17.0 Å². The molecule has 1 atom stereocenters. The second kappa shape index (κ2) is 5.13. The van der Waals surface area contributed by atoms with E-state index in [4.69, 9.17) is 0 Å². The van der Waals surface area contributed by atoms with Gasteiger partial charge in [0.1, 0.15) is 0 Å². The Morgan fingerprint density at radius 2 is 2.37 bits per heavy atom. The van der Waals surface area contributed by atoms with Crippen LogP contribution in [0.3, 0.4) is 0 Å². The van der Waals surface area contributed by atoms with Gasteiger partial charge in [-0.3, -0.25) is 9.59 Å². The molecule has 1 aromatic rings. The topological polar surface area (TPSA) is 69.3 Å². The zero-order valence-corrected chi connectivity index (χ0v) is 11.6. The number of nitrogens with one attached hydrogen (secondary N) is 1. The highest BCUT2D eigenvalue weighted by molar-refractivity contribution is 5.91. The molecule has 2 heterocycles. The molecule has 0 saturated carbocycles. The van der Waals surface area contributed by atoms with E-state index in [9.17, 15) is 9.59 Å². The molecule has 1 N–H and O–H groups in total. The third kappa shape index (κ3) is 3.01. The van der Waals surface area contributed by atoms with Gasteiger partial charge in [0, 0.05) is 32.5 Å². The highest BCUT2D eigenvalue weighted by Gasteiger charge is 2.34. The predicted octanol–water partition coefficient (Wildman–Crippen LogP) is 0.184. The number of carbonyl (C=O) groups excluding carboxylic acids is 1. The first-order chi connectivity index (χ1) is 8.91. The van der Waals surface area contributed by atoms with Crippen molar-refractivity contribution in [2.24, 2.45) is 5.41 Å². The van der Waals surface area contributed by atoms with Gasteiger partial charge in [0.15, 0.2) is 5.69 Å². The number of aromatic amines is 1. The summed E-state index contributed by atoms with van der Waals surface area (Å²) in [5, 5.41) is 0. The van der Waals surface area contributed by atoms with E-state index in [1.807, 2.05) is 0 Å². The van der Waals surface area contributed by atoms with Crippen LogP contribution >= 0.6 is 0 Å². The fraction of sp³-hybridized carbons (Fsp3) is 0.615. The first-order valence-electron chi connectivity index (χ1n) is 6.39. The van der Waals surface area contributed by atoms with Gasteiger partial charge in [-0.25, -0.2) is 4.98 Å². The Hall–Kier alpha value is -1.69. The summed E-state index contributed by atoms with van der Waals surface area (Å²) in [6, 6.07) is 0. The number of hydrogen-bond donors (Lipinski definition) is 1. The van der Waals surface area contributed by atoms with Crippen molar-refractivity contribution in [1.82, 2.24) is 19.8 Å². The van der Waals surface area contributed by atoms with Gasteiger partial charge in [0.05, 0.1) is 0 Å². The third-order valence-corrected chi connectivity index (χ3v) is 3.62. The largest absolute Gasteiger partial charge is 0.340 e. The van der Waals surface area contributed by atoms with E-state index in [0.29, 0.717) is 6.54 Å². The lowest BCUT2D eigenvalue weighted by atomic mass is 9.89. The molecule has 6 heteroatoms. The standard InChI is InChI=1S/C13H20N4O2/c1-13(4-7-16(2)8-13)9-17(3)12(19)10-11(18)15-6-5-14-10/h5-6H,4,7-9H2,1-3H3,(H,15,18). The normalized spacial score (nSPS) is 23.5. The summed E-state index contributed by atoms with van der Waals surface area (Å²) < 4.78 is 0. The maximum atomic E-state index is 12.2. The molecule has 1 fully saturated rings. The van der Waals surface area contributed by atoms with E-state index in [2.05, 4.69) is 28.8 Å². The number of carbonyl (C=O) groups is 1. The van der Waals surface area contributed by atoms with Gasteiger partial charge < -0.3 is 14.8 Å². The molecule has 0 aliphatic carbocycles. The van der Waals surface area contributed by atoms with Crippen LogP contribution < -0.4 is 5.56 Å². The number of nitrogens with zero attached hydrogens (tertiary/aromatic N) is 3. The molecule has 2 rings (SSSR count). The van der Waals surface area contributed by atoms with Gasteiger partial charge in [0.2, 0.25) is 0 Å². The van der Waals surface area contributed by atoms with E-state index in [1.54, 1.807) is 11.9 Å². The average molecular weight is 264 g/mol. The molecule has 0 aromatic carbocycles. The minimum absolute atomic E-state index is 0.0417. The van der Waals surface area contributed by atoms with Crippen LogP contribution in [0, 0.1) is 5.41 Å². The Balaban J connectivity index is 2.08. The van der Waals surface area contributed by atoms with Crippen LogP contribution in [0.5, 0.6) is 0 Å². The minimum atomic E-state index is -0.437. The Bertz CT molecular complexity index is 527. The van der Waals surface area contributed by atoms with Crippen LogP contribution in [-0.4, -0.2) is 59.4 Å². The summed E-state index contributed by atoms with van der Waals surface area (Å²) in [5.74, 6) is -0.322. The van der Waals surface area contributed by atoms with Crippen LogP contribution in [-0.2, 0) is 0 Å². The molecule has 1 amide bonds. The van der Waals surface area contributed by atoms with Crippen LogP contribution in [0.4, 0.5) is 0 Å². The molecule has 1 saturated heterocycles. The Labute approximate surface area is 112 Å². The van der Waals surface area contributed by atoms with E-state index >= 15 is 0 Å². The van der Waals surface area contributed by atoms with Gasteiger partial charge in [-0.2, -0.15) is 0 Å². The van der Waals surface area contributed by atoms with Crippen molar-refractivity contribution < 1.29 is 4.79 Å². The van der Waals surface area contributed by atoms with Gasteiger partial charge >= 0.3 is 0 Å². The van der Waals surface area contributed by atoms with E-state index < -0.39 is 5.56 Å². The number of amides is 1. The van der Waals surface area contributed by atoms with E-state index in [0.717, 1.165) is 19.5 Å². The molecule has 1 aliphatic heterocycles. The second-order valence-electron chi connectivity index (χ2n) is 5.73. The fourth-order valence-electron chi connectivity index (χ4n) is 2.73. The highest BCUT2D eigenvalue weighted by Crippen LogP contribution is 2.29. The zero-order valence-electron chi connectivity index (χ0n) is 11.6. The molecule has 1 aromatic heterocycles. The number of H-pyrrole nitrogens is 1. The molecule has 0 bridgehead atoms. The maximum Gasteiger partial charge on any atom is 0.279 e. The first-order valence-corrected chi connectivity index (χ1v) is 6.39. The van der Waals surface area contributed by atoms with Gasteiger partial charge in [-0.15, -0.1) is 0 Å². The molecule has 1 aliphatic rings. The fourth-order valence-corrected chi connectivity index (χ4v) is 2.73. The monoisotopic (exact) mass is 264 g/mol. The maximum absolute atomic E-state index is 12.2. The van der Waals surface area contributed by atoms with Crippen molar-refractivity contribution in [2.75, 3.05) is 33.7 Å². The molecule has 104 valence electrons. The van der Waals surface area contributed by atoms with Crippen molar-refractivity contribution in [2.45, 2.75) is 13.3 Å². The molecular formula is C13H20N4O2. The molecule has 19 heavy (non-hydrogen) atoms. The lowest BCUT2D eigenvalue weighted by Gasteiger charge is -2.29. The molecule has 0 spiro atoms. The van der Waals surface area contributed by atoms with Crippen molar-refractivity contribution in [3.05, 3.63) is 28.4 Å². The molecular weight excluding hydrogens is 244 g/mol. The van der Waals surface area contributed by atoms with Gasteiger partial charge in [-0.1, -0.05) is 6.92 Å². The molecule has 0 radical (unpaired) electrons. The second-order valence-corrected chi connectivity index (χ2v) is 5.73. The third-order valence-electron chi connectivity index (χ3n) is 3.62. The van der Waals surface area contributed by atoms with Crippen LogP contribution in [0.25, 0.3) is 0 Å². The number of aromatic nitrogens is 2. The quantitative estimate of drug-likeness (QED) is 0.846. The summed E-state index contributed by atoms with van der Waals surface area (Å²) in [6.07, 6.45) is 3.90. The van der Waals surface area contributed by atoms with Crippen molar-refractivity contribution >= 4 is 5.91 Å². The summed E-state index contributed by atoms with van der Waals surface area (Å²) in [5.41, 5.74) is -0.395. The van der Waals surface area contributed by atoms with E-state index in [1.165, 1.54) is 12.4 Å². The highest BCUT2D eigenvalue weighted by atomic mass is 16.2. The Kier molecular flexibility index (Phi) is 3.71. The molecule has 6 nitrogen and oxygen atoms in total. The smallest absolute Gasteiger partial charge is 0.279 e. The zero-order chi connectivity index (χ0) is 14.0. The van der Waals surface area contributed by atoms with Crippen LogP contribution in [0.1, 0.15) is 23.8 Å². The number of hydrogen-bond acceptors (Lipinski definition) is 4. The van der Waals surface area contributed by atoms with Crippen molar-refractivity contribution in [3.8, 4) is 0 Å². The number of likely N-dealkylation sites (tertiary alicyclic amines) is 1.